The van der Waals surface area contributed by atoms with E-state index in [0.717, 1.165) is 12.0 Å². The lowest BCUT2D eigenvalue weighted by Crippen LogP contribution is -2.35. The summed E-state index contributed by atoms with van der Waals surface area (Å²) in [7, 11) is 0. The minimum atomic E-state index is -0.223. The van der Waals surface area contributed by atoms with Gasteiger partial charge in [0.1, 0.15) is 0 Å². The molecule has 2 rings (SSSR count). The quantitative estimate of drug-likeness (QED) is 0.767. The van der Waals surface area contributed by atoms with Crippen LogP contribution in [0.15, 0.2) is 30.5 Å². The first-order chi connectivity index (χ1) is 10.2. The van der Waals surface area contributed by atoms with E-state index in [1.54, 1.807) is 6.07 Å². The summed E-state index contributed by atoms with van der Waals surface area (Å²) in [6.45, 7) is 2.01. The van der Waals surface area contributed by atoms with Crippen LogP contribution in [-0.2, 0) is 0 Å². The Kier molecular flexibility index (Phi) is 5.36. The number of carbonyl (C=O) groups is 1. The smallest absolute Gasteiger partial charge is 0.255 e. The van der Waals surface area contributed by atoms with E-state index in [1.165, 1.54) is 6.20 Å². The molecular weight excluding hydrogens is 290 g/mol. The number of halogens is 1. The molecule has 0 aliphatic carbocycles. The molecule has 1 amide bonds. The molecule has 0 saturated heterocycles. The molecule has 1 aromatic carbocycles. The first kappa shape index (κ1) is 15.5. The van der Waals surface area contributed by atoms with Gasteiger partial charge in [-0.1, -0.05) is 36.7 Å². The summed E-state index contributed by atoms with van der Waals surface area (Å²) in [5.41, 5.74) is 1.77. The molecule has 0 aliphatic rings. The number of nitrogens with zero attached hydrogens (tertiary/aromatic N) is 1. The average Bonchev–Trinajstić information content (AvgIpc) is 2.96. The summed E-state index contributed by atoms with van der Waals surface area (Å²) in [5.74, 6) is -0.223. The summed E-state index contributed by atoms with van der Waals surface area (Å²) in [5, 5.41) is 19.2. The van der Waals surface area contributed by atoms with E-state index in [9.17, 15) is 4.79 Å². The van der Waals surface area contributed by atoms with Crippen molar-refractivity contribution in [3.63, 3.8) is 0 Å². The van der Waals surface area contributed by atoms with Crippen molar-refractivity contribution in [2.24, 2.45) is 0 Å². The van der Waals surface area contributed by atoms with Crippen LogP contribution in [0.2, 0.25) is 5.02 Å². The highest BCUT2D eigenvalue weighted by molar-refractivity contribution is 6.33. The van der Waals surface area contributed by atoms with Gasteiger partial charge in [-0.2, -0.15) is 5.10 Å². The van der Waals surface area contributed by atoms with Gasteiger partial charge in [-0.25, -0.2) is 0 Å². The molecule has 3 N–H and O–H groups in total. The Morgan fingerprint density at radius 3 is 2.90 bits per heavy atom. The number of hydrogen-bond acceptors (Lipinski definition) is 3. The van der Waals surface area contributed by atoms with E-state index in [4.69, 9.17) is 16.7 Å². The molecule has 112 valence electrons. The van der Waals surface area contributed by atoms with Gasteiger partial charge in [0.25, 0.3) is 5.91 Å². The number of H-pyrrole nitrogens is 1. The van der Waals surface area contributed by atoms with Crippen LogP contribution in [0.5, 0.6) is 0 Å². The number of aliphatic hydroxyl groups excluding tert-OH is 1. The zero-order valence-corrected chi connectivity index (χ0v) is 12.5. The Balaban J connectivity index is 2.24. The second-order valence-electron chi connectivity index (χ2n) is 4.73. The topological polar surface area (TPSA) is 78.0 Å². The van der Waals surface area contributed by atoms with Crippen LogP contribution in [-0.4, -0.2) is 33.9 Å². The molecule has 0 fully saturated rings. The van der Waals surface area contributed by atoms with Crippen LogP contribution in [0.4, 0.5) is 0 Å². The number of carbonyl (C=O) groups excluding carboxylic acids is 1. The van der Waals surface area contributed by atoms with Crippen molar-refractivity contribution in [2.45, 2.75) is 25.8 Å². The summed E-state index contributed by atoms with van der Waals surface area (Å²) in [4.78, 5) is 12.4. The fourth-order valence-electron chi connectivity index (χ4n) is 2.12. The van der Waals surface area contributed by atoms with E-state index >= 15 is 0 Å². The predicted molar refractivity (Wildman–Crippen MR) is 82.3 cm³/mol. The van der Waals surface area contributed by atoms with Gasteiger partial charge in [-0.05, 0) is 18.9 Å². The number of nitrogens with one attached hydrogen (secondary N) is 2. The number of benzene rings is 1. The Morgan fingerprint density at radius 1 is 1.48 bits per heavy atom. The maximum absolute atomic E-state index is 12.4. The van der Waals surface area contributed by atoms with Crippen molar-refractivity contribution in [1.82, 2.24) is 15.5 Å². The Morgan fingerprint density at radius 2 is 2.24 bits per heavy atom. The van der Waals surface area contributed by atoms with Gasteiger partial charge < -0.3 is 10.4 Å². The van der Waals surface area contributed by atoms with Crippen molar-refractivity contribution in [3.05, 3.63) is 41.0 Å². The lowest BCUT2D eigenvalue weighted by atomic mass is 10.1. The third kappa shape index (κ3) is 3.62. The van der Waals surface area contributed by atoms with E-state index in [2.05, 4.69) is 15.5 Å². The maximum atomic E-state index is 12.4. The van der Waals surface area contributed by atoms with Gasteiger partial charge in [-0.3, -0.25) is 9.89 Å². The number of aromatic nitrogens is 2. The first-order valence-electron chi connectivity index (χ1n) is 6.87. The lowest BCUT2D eigenvalue weighted by molar-refractivity contribution is 0.0930. The van der Waals surface area contributed by atoms with Gasteiger partial charge >= 0.3 is 0 Å². The highest BCUT2D eigenvalue weighted by Crippen LogP contribution is 2.28. The molecule has 1 heterocycles. The standard InChI is InChI=1S/C15H18ClN3O2/c1-2-10(7-8-20)18-15(21)12-9-17-19-14(12)11-5-3-4-6-13(11)16/h3-6,9-10,20H,2,7-8H2,1H3,(H,17,19)(H,18,21). The van der Waals surface area contributed by atoms with Gasteiger partial charge in [0.2, 0.25) is 0 Å². The van der Waals surface area contributed by atoms with Crippen molar-refractivity contribution in [2.75, 3.05) is 6.61 Å². The second kappa shape index (κ2) is 7.24. The van der Waals surface area contributed by atoms with Gasteiger partial charge in [0, 0.05) is 23.2 Å². The summed E-state index contributed by atoms with van der Waals surface area (Å²) < 4.78 is 0. The molecule has 1 aromatic heterocycles. The van der Waals surface area contributed by atoms with Crippen molar-refractivity contribution < 1.29 is 9.90 Å². The summed E-state index contributed by atoms with van der Waals surface area (Å²) >= 11 is 6.16. The molecule has 21 heavy (non-hydrogen) atoms. The van der Waals surface area contributed by atoms with Crippen LogP contribution in [0, 0.1) is 0 Å². The fraction of sp³-hybridized carbons (Fsp3) is 0.333. The molecule has 1 atom stereocenters. The van der Waals surface area contributed by atoms with Crippen molar-refractivity contribution in [1.29, 1.82) is 0 Å². The molecular formula is C15H18ClN3O2. The number of aromatic amines is 1. The molecule has 5 nitrogen and oxygen atoms in total. The molecule has 0 spiro atoms. The highest BCUT2D eigenvalue weighted by Gasteiger charge is 2.19. The van der Waals surface area contributed by atoms with Crippen LogP contribution in [0.25, 0.3) is 11.3 Å². The summed E-state index contributed by atoms with van der Waals surface area (Å²) in [6, 6.07) is 7.22. The number of rotatable bonds is 6. The minimum absolute atomic E-state index is 0.0432. The van der Waals surface area contributed by atoms with Gasteiger partial charge in [0.15, 0.2) is 0 Å². The first-order valence-corrected chi connectivity index (χ1v) is 7.25. The Labute approximate surface area is 128 Å². The zero-order chi connectivity index (χ0) is 15.2. The average molecular weight is 308 g/mol. The molecule has 2 aromatic rings. The van der Waals surface area contributed by atoms with Crippen LogP contribution < -0.4 is 5.32 Å². The number of hydrogen-bond donors (Lipinski definition) is 3. The SMILES string of the molecule is CCC(CCO)NC(=O)c1cn[nH]c1-c1ccccc1Cl. The Bertz CT molecular complexity index is 612. The van der Waals surface area contributed by atoms with Crippen LogP contribution in [0.1, 0.15) is 30.1 Å². The molecule has 6 heteroatoms. The van der Waals surface area contributed by atoms with Gasteiger partial charge in [-0.15, -0.1) is 0 Å². The highest BCUT2D eigenvalue weighted by atomic mass is 35.5. The fourth-order valence-corrected chi connectivity index (χ4v) is 2.36. The second-order valence-corrected chi connectivity index (χ2v) is 5.14. The van der Waals surface area contributed by atoms with Gasteiger partial charge in [0.05, 0.1) is 17.5 Å². The van der Waals surface area contributed by atoms with E-state index in [0.29, 0.717) is 22.7 Å². The largest absolute Gasteiger partial charge is 0.396 e. The van der Waals surface area contributed by atoms with E-state index in [1.807, 2.05) is 25.1 Å². The molecule has 0 aliphatic heterocycles. The van der Waals surface area contributed by atoms with E-state index < -0.39 is 0 Å². The number of aliphatic hydroxyl groups is 1. The van der Waals surface area contributed by atoms with Crippen molar-refractivity contribution >= 4 is 17.5 Å². The monoisotopic (exact) mass is 307 g/mol. The van der Waals surface area contributed by atoms with E-state index in [-0.39, 0.29) is 18.6 Å². The predicted octanol–water partition coefficient (Wildman–Crippen LogP) is 2.62. The lowest BCUT2D eigenvalue weighted by Gasteiger charge is -2.15. The molecule has 1 unspecified atom stereocenters. The molecule has 0 radical (unpaired) electrons. The minimum Gasteiger partial charge on any atom is -0.396 e. The zero-order valence-electron chi connectivity index (χ0n) is 11.8. The third-order valence-electron chi connectivity index (χ3n) is 3.33. The molecule has 0 bridgehead atoms. The summed E-state index contributed by atoms with van der Waals surface area (Å²) in [6.07, 6.45) is 2.77. The Hall–Kier alpha value is -1.85. The maximum Gasteiger partial charge on any atom is 0.255 e. The third-order valence-corrected chi connectivity index (χ3v) is 3.66. The van der Waals surface area contributed by atoms with Crippen molar-refractivity contribution in [3.8, 4) is 11.3 Å². The number of amides is 1. The molecule has 0 saturated carbocycles. The normalized spacial score (nSPS) is 12.1. The van der Waals surface area contributed by atoms with Crippen LogP contribution in [0.3, 0.4) is 0 Å². The van der Waals surface area contributed by atoms with Crippen LogP contribution >= 0.6 is 11.6 Å².